The van der Waals surface area contributed by atoms with Crippen molar-refractivity contribution in [3.05, 3.63) is 0 Å². The molecule has 0 aromatic rings. The number of hydrogen-bond acceptors (Lipinski definition) is 6. The van der Waals surface area contributed by atoms with Crippen molar-refractivity contribution < 1.29 is 14.4 Å². The molecule has 9 heteroatoms. The van der Waals surface area contributed by atoms with Crippen LogP contribution in [0.5, 0.6) is 0 Å². The van der Waals surface area contributed by atoms with E-state index in [1.807, 2.05) is 35.3 Å². The average molecular weight is 708 g/mol. The molecule has 0 amide bonds. The molecule has 0 bridgehead atoms. The van der Waals surface area contributed by atoms with Crippen LogP contribution in [0.25, 0.3) is 0 Å². The van der Waals surface area contributed by atoms with E-state index in [1.54, 1.807) is 0 Å². The molecule has 3 aliphatic rings. The van der Waals surface area contributed by atoms with E-state index in [2.05, 4.69) is 6.92 Å². The van der Waals surface area contributed by atoms with Gasteiger partial charge in [-0.2, -0.15) is 0 Å². The summed E-state index contributed by atoms with van der Waals surface area (Å²) in [4.78, 5) is 38.7. The maximum atomic E-state index is 12.9. The monoisotopic (exact) mass is 710 g/mol. The van der Waals surface area contributed by atoms with Crippen molar-refractivity contribution in [3.63, 3.8) is 0 Å². The van der Waals surface area contributed by atoms with E-state index >= 15 is 0 Å². The number of carbonyl (C=O) groups is 3. The number of Topliss-reactive ketones (excluding diaryl/α,β-unsaturated/α-hetero) is 3. The Morgan fingerprint density at radius 1 is 0.667 bits per heavy atom. The minimum absolute atomic E-state index is 0.285. The third kappa shape index (κ3) is 13.7. The normalized spacial score (nSPS) is 24.8. The first-order valence-corrected chi connectivity index (χ1v) is 22.5. The van der Waals surface area contributed by atoms with Crippen LogP contribution < -0.4 is 0 Å². The van der Waals surface area contributed by atoms with Crippen molar-refractivity contribution in [2.45, 2.75) is 99.5 Å². The van der Waals surface area contributed by atoms with Crippen LogP contribution in [0.2, 0.25) is 31.9 Å². The second-order valence-corrected chi connectivity index (χ2v) is 20.6. The zero-order valence-corrected chi connectivity index (χ0v) is 27.3. The van der Waals surface area contributed by atoms with Gasteiger partial charge in [-0.15, -0.1) is 0 Å². The van der Waals surface area contributed by atoms with Crippen molar-refractivity contribution in [2.75, 3.05) is 17.3 Å². The first-order chi connectivity index (χ1) is 16.0. The molecule has 3 nitrogen and oxygen atoms in total. The number of hydrogen-bond donors (Lipinski definition) is 0. The molecule has 3 unspecified atom stereocenters. The van der Waals surface area contributed by atoms with Gasteiger partial charge in [0.25, 0.3) is 0 Å². The summed E-state index contributed by atoms with van der Waals surface area (Å²) in [5.74, 6) is 4.77. The number of rotatable bonds is 22. The van der Waals surface area contributed by atoms with Crippen LogP contribution in [-0.2, 0) is 14.4 Å². The molecule has 0 aliphatic carbocycles. The topological polar surface area (TPSA) is 51.2 Å². The SMILES string of the molecule is CCC(CC(=O)CC[Se]CC1CS1)(CC(=O)CC[Se]CC1CS1)CC(=O)CC[Se]CC1CS1. The van der Waals surface area contributed by atoms with Crippen molar-refractivity contribution in [3.8, 4) is 0 Å². The predicted octanol–water partition coefficient (Wildman–Crippen LogP) is 5.40. The van der Waals surface area contributed by atoms with Crippen LogP contribution in [-0.4, -0.2) is 95.2 Å². The summed E-state index contributed by atoms with van der Waals surface area (Å²) in [5.41, 5.74) is -0.427. The summed E-state index contributed by atoms with van der Waals surface area (Å²) < 4.78 is 0. The Hall–Kier alpha value is 1.62. The first-order valence-electron chi connectivity index (χ1n) is 12.1. The van der Waals surface area contributed by atoms with E-state index < -0.39 is 5.41 Å². The Kier molecular flexibility index (Phi) is 13.9. The van der Waals surface area contributed by atoms with Crippen LogP contribution in [0, 0.1) is 5.41 Å². The molecule has 3 heterocycles. The average Bonchev–Trinajstić information content (AvgIpc) is 3.62. The summed E-state index contributed by atoms with van der Waals surface area (Å²) in [5, 5.41) is 9.55. The number of carbonyl (C=O) groups excluding carboxylic acids is 3. The minimum atomic E-state index is -0.427. The third-order valence-corrected chi connectivity index (χ3v) is 17.6. The van der Waals surface area contributed by atoms with Crippen LogP contribution in [0.3, 0.4) is 0 Å². The molecular formula is C24H38O3S3Se3. The first kappa shape index (κ1) is 29.2. The Bertz CT molecular complexity index is 569. The zero-order valence-electron chi connectivity index (χ0n) is 19.7. The maximum absolute atomic E-state index is 12.9. The molecule has 3 saturated heterocycles. The van der Waals surface area contributed by atoms with Gasteiger partial charge in [0.1, 0.15) is 0 Å². The fourth-order valence-corrected chi connectivity index (χ4v) is 14.9. The van der Waals surface area contributed by atoms with Gasteiger partial charge in [0.2, 0.25) is 0 Å². The molecular weight excluding hydrogens is 669 g/mol. The van der Waals surface area contributed by atoms with Gasteiger partial charge in [0.05, 0.1) is 0 Å². The molecule has 0 N–H and O–H groups in total. The molecule has 0 aromatic heterocycles. The van der Waals surface area contributed by atoms with Gasteiger partial charge in [-0.1, -0.05) is 0 Å². The van der Waals surface area contributed by atoms with Crippen molar-refractivity contribution in [1.82, 2.24) is 0 Å². The molecule has 0 spiro atoms. The molecule has 0 aromatic carbocycles. The molecule has 0 saturated carbocycles. The van der Waals surface area contributed by atoms with Crippen LogP contribution in [0.1, 0.15) is 51.9 Å². The Morgan fingerprint density at radius 2 is 0.970 bits per heavy atom. The summed E-state index contributed by atoms with van der Waals surface area (Å²) >= 11 is 7.80. The Labute approximate surface area is 232 Å². The fraction of sp³-hybridized carbons (Fsp3) is 0.875. The summed E-state index contributed by atoms with van der Waals surface area (Å²) in [7, 11) is 0. The fourth-order valence-electron chi connectivity index (χ4n) is 3.78. The summed E-state index contributed by atoms with van der Waals surface area (Å²) in [6, 6.07) is 0. The van der Waals surface area contributed by atoms with E-state index in [-0.39, 0.29) is 17.3 Å². The van der Waals surface area contributed by atoms with Crippen LogP contribution in [0.15, 0.2) is 0 Å². The van der Waals surface area contributed by atoms with Crippen molar-refractivity contribution >= 4 is 97.5 Å². The van der Waals surface area contributed by atoms with Gasteiger partial charge in [-0.3, -0.25) is 0 Å². The van der Waals surface area contributed by atoms with E-state index in [4.69, 9.17) is 0 Å². The van der Waals surface area contributed by atoms with Crippen LogP contribution in [0.4, 0.5) is 0 Å². The van der Waals surface area contributed by atoms with E-state index in [9.17, 15) is 14.4 Å². The molecule has 188 valence electrons. The van der Waals surface area contributed by atoms with Gasteiger partial charge in [0.15, 0.2) is 0 Å². The molecule has 33 heavy (non-hydrogen) atoms. The third-order valence-electron chi connectivity index (χ3n) is 6.16. The van der Waals surface area contributed by atoms with E-state index in [1.165, 1.54) is 33.2 Å². The van der Waals surface area contributed by atoms with E-state index in [0.29, 0.717) is 83.4 Å². The Balaban J connectivity index is 1.45. The second kappa shape index (κ2) is 15.8. The number of thioether (sulfide) groups is 3. The second-order valence-electron chi connectivity index (χ2n) is 9.34. The van der Waals surface area contributed by atoms with Crippen molar-refractivity contribution in [2.24, 2.45) is 5.41 Å². The predicted molar refractivity (Wildman–Crippen MR) is 150 cm³/mol. The standard InChI is InChI=1S/C24H38O3S3Se3/c1-2-24(9-18(25)3-6-31-15-21-12-28-21,10-19(26)4-7-32-16-22-13-29-22)11-20(27)5-8-33-17-23-14-30-23/h21-23H,2-17H2,1H3. The molecule has 3 rings (SSSR count). The van der Waals surface area contributed by atoms with Crippen LogP contribution >= 0.6 is 35.3 Å². The molecule has 0 radical (unpaired) electrons. The zero-order chi connectivity index (χ0) is 23.5. The molecule has 3 aliphatic heterocycles. The summed E-state index contributed by atoms with van der Waals surface area (Å²) in [6.07, 6.45) is 3.99. The van der Waals surface area contributed by atoms with Gasteiger partial charge < -0.3 is 0 Å². The van der Waals surface area contributed by atoms with Gasteiger partial charge in [0, 0.05) is 0 Å². The number of ketones is 3. The summed E-state index contributed by atoms with van der Waals surface area (Å²) in [6.45, 7) is 2.09. The van der Waals surface area contributed by atoms with Gasteiger partial charge in [-0.25, -0.2) is 0 Å². The Morgan fingerprint density at radius 3 is 1.21 bits per heavy atom. The quantitative estimate of drug-likeness (QED) is 0.0855. The molecule has 3 atom stereocenters. The van der Waals surface area contributed by atoms with Gasteiger partial charge >= 0.3 is 234 Å². The van der Waals surface area contributed by atoms with Gasteiger partial charge in [-0.05, 0) is 0 Å². The molecule has 3 fully saturated rings. The van der Waals surface area contributed by atoms with Crippen molar-refractivity contribution in [1.29, 1.82) is 0 Å². The van der Waals surface area contributed by atoms with E-state index in [0.717, 1.165) is 38.1 Å².